The van der Waals surface area contributed by atoms with Gasteiger partial charge in [-0.1, -0.05) is 117 Å². The summed E-state index contributed by atoms with van der Waals surface area (Å²) in [7, 11) is 0. The van der Waals surface area contributed by atoms with E-state index in [4.69, 9.17) is 9.72 Å². The third-order valence-electron chi connectivity index (χ3n) is 12.2. The Labute approximate surface area is 368 Å². The van der Waals surface area contributed by atoms with Crippen LogP contribution in [0.5, 0.6) is 11.5 Å². The standard InChI is InChI=1S/C55H53F3N4O/c1-52(2,3)36-24-25-59-50(30-36)62-46-21-11-10-20-44(46)51-45(35-16-14-17-37(26-35)55(56,57)58)32-43(33-49(51)62)63-42-19-15-18-40(31-42)60-34-61(48-23-13-12-22-47(48)60)41-28-38(53(4,5)6)27-39(29-41)54(7,8)9/h10-33H,34H2,1-9H3. The lowest BCUT2D eigenvalue weighted by molar-refractivity contribution is -0.137. The zero-order valence-electron chi connectivity index (χ0n) is 37.4. The van der Waals surface area contributed by atoms with Crippen molar-refractivity contribution < 1.29 is 17.9 Å². The maximum atomic E-state index is 14.2. The van der Waals surface area contributed by atoms with E-state index in [1.807, 2.05) is 66.9 Å². The quantitative estimate of drug-likeness (QED) is 0.167. The summed E-state index contributed by atoms with van der Waals surface area (Å²) < 4.78 is 51.6. The fraction of sp³-hybridized carbons (Fsp3) is 0.255. The molecule has 1 aliphatic rings. The Balaban J connectivity index is 1.17. The molecule has 9 rings (SSSR count). The van der Waals surface area contributed by atoms with Crippen molar-refractivity contribution in [3.05, 3.63) is 168 Å². The summed E-state index contributed by atoms with van der Waals surface area (Å²) in [4.78, 5) is 9.53. The van der Waals surface area contributed by atoms with Gasteiger partial charge in [-0.2, -0.15) is 13.2 Å². The van der Waals surface area contributed by atoms with Gasteiger partial charge in [0.1, 0.15) is 24.0 Å². The minimum atomic E-state index is -4.51. The molecule has 1 aliphatic heterocycles. The predicted molar refractivity (Wildman–Crippen MR) is 254 cm³/mol. The van der Waals surface area contributed by atoms with Crippen LogP contribution >= 0.6 is 0 Å². The fourth-order valence-corrected chi connectivity index (χ4v) is 8.61. The number of rotatable bonds is 6. The number of pyridine rings is 1. The van der Waals surface area contributed by atoms with Crippen molar-refractivity contribution in [1.82, 2.24) is 9.55 Å². The van der Waals surface area contributed by atoms with Crippen molar-refractivity contribution in [1.29, 1.82) is 0 Å². The maximum absolute atomic E-state index is 14.2. The maximum Gasteiger partial charge on any atom is 0.416 e. The van der Waals surface area contributed by atoms with Crippen LogP contribution in [0, 0.1) is 0 Å². The van der Waals surface area contributed by atoms with Crippen LogP contribution in [0.3, 0.4) is 0 Å². The molecule has 8 aromatic rings. The third kappa shape index (κ3) is 7.92. The molecule has 0 fully saturated rings. The molecule has 0 atom stereocenters. The normalized spacial score (nSPS) is 13.6. The zero-order valence-corrected chi connectivity index (χ0v) is 37.4. The van der Waals surface area contributed by atoms with Gasteiger partial charge in [0.05, 0.1) is 28.0 Å². The lowest BCUT2D eigenvalue weighted by Crippen LogP contribution is -2.25. The first-order valence-electron chi connectivity index (χ1n) is 21.5. The van der Waals surface area contributed by atoms with E-state index in [1.54, 1.807) is 6.07 Å². The van der Waals surface area contributed by atoms with Gasteiger partial charge in [-0.05, 0) is 117 Å². The van der Waals surface area contributed by atoms with Crippen molar-refractivity contribution in [2.75, 3.05) is 16.5 Å². The minimum Gasteiger partial charge on any atom is -0.457 e. The molecular formula is C55H53F3N4O. The van der Waals surface area contributed by atoms with Crippen molar-refractivity contribution in [3.63, 3.8) is 0 Å². The Kier molecular flexibility index (Phi) is 10.0. The summed E-state index contributed by atoms with van der Waals surface area (Å²) in [6.45, 7) is 20.6. The molecule has 320 valence electrons. The van der Waals surface area contributed by atoms with Crippen molar-refractivity contribution in [3.8, 4) is 28.4 Å². The molecule has 6 aromatic carbocycles. The van der Waals surface area contributed by atoms with E-state index < -0.39 is 11.7 Å². The van der Waals surface area contributed by atoms with E-state index in [9.17, 15) is 13.2 Å². The number of nitrogens with zero attached hydrogens (tertiary/aromatic N) is 4. The molecule has 0 aliphatic carbocycles. The predicted octanol–water partition coefficient (Wildman–Crippen LogP) is 15.8. The van der Waals surface area contributed by atoms with Gasteiger partial charge < -0.3 is 14.5 Å². The molecule has 0 bridgehead atoms. The average molecular weight is 843 g/mol. The summed E-state index contributed by atoms with van der Waals surface area (Å²) in [5.41, 5.74) is 9.76. The fourth-order valence-electron chi connectivity index (χ4n) is 8.61. The highest BCUT2D eigenvalue weighted by atomic mass is 19.4. The summed E-state index contributed by atoms with van der Waals surface area (Å²) in [6, 6.07) is 45.0. The van der Waals surface area contributed by atoms with Crippen LogP contribution in [0.1, 0.15) is 84.6 Å². The van der Waals surface area contributed by atoms with E-state index in [0.717, 1.165) is 56.2 Å². The summed E-state index contributed by atoms with van der Waals surface area (Å²) in [5.74, 6) is 1.79. The number of ether oxygens (including phenoxy) is 1. The monoisotopic (exact) mass is 842 g/mol. The van der Waals surface area contributed by atoms with Crippen LogP contribution in [-0.4, -0.2) is 16.2 Å². The first-order chi connectivity index (χ1) is 29.7. The van der Waals surface area contributed by atoms with Crippen molar-refractivity contribution >= 4 is 44.6 Å². The molecular weight excluding hydrogens is 790 g/mol. The Bertz CT molecular complexity index is 3000. The number of hydrogen-bond acceptors (Lipinski definition) is 4. The first-order valence-corrected chi connectivity index (χ1v) is 21.5. The van der Waals surface area contributed by atoms with Crippen LogP contribution in [0.25, 0.3) is 38.8 Å². The molecule has 8 heteroatoms. The van der Waals surface area contributed by atoms with E-state index >= 15 is 0 Å². The molecule has 0 spiro atoms. The topological polar surface area (TPSA) is 33.5 Å². The highest BCUT2D eigenvalue weighted by molar-refractivity contribution is 6.16. The number of benzene rings is 6. The van der Waals surface area contributed by atoms with Crippen LogP contribution in [-0.2, 0) is 22.4 Å². The number of halogens is 3. The van der Waals surface area contributed by atoms with E-state index in [0.29, 0.717) is 35.1 Å². The molecule has 63 heavy (non-hydrogen) atoms. The Morgan fingerprint density at radius 2 is 1.14 bits per heavy atom. The largest absolute Gasteiger partial charge is 0.457 e. The second kappa shape index (κ2) is 15.1. The summed E-state index contributed by atoms with van der Waals surface area (Å²) in [6.07, 6.45) is -2.69. The summed E-state index contributed by atoms with van der Waals surface area (Å²) >= 11 is 0. The van der Waals surface area contributed by atoms with Gasteiger partial charge in [0.2, 0.25) is 0 Å². The molecule has 0 saturated heterocycles. The van der Waals surface area contributed by atoms with Crippen LogP contribution in [0.2, 0.25) is 0 Å². The molecule has 2 aromatic heterocycles. The lowest BCUT2D eigenvalue weighted by Gasteiger charge is -2.29. The van der Waals surface area contributed by atoms with Gasteiger partial charge >= 0.3 is 6.18 Å². The summed E-state index contributed by atoms with van der Waals surface area (Å²) in [5, 5.41) is 1.71. The van der Waals surface area contributed by atoms with Crippen LogP contribution in [0.15, 0.2) is 146 Å². The number of fused-ring (bicyclic) bond motifs is 4. The van der Waals surface area contributed by atoms with Gasteiger partial charge in [0.25, 0.3) is 0 Å². The van der Waals surface area contributed by atoms with Gasteiger partial charge in [-0.15, -0.1) is 0 Å². The van der Waals surface area contributed by atoms with E-state index in [2.05, 4.69) is 131 Å². The molecule has 0 saturated carbocycles. The van der Waals surface area contributed by atoms with Gasteiger partial charge in [0.15, 0.2) is 0 Å². The van der Waals surface area contributed by atoms with Crippen LogP contribution in [0.4, 0.5) is 35.9 Å². The molecule has 0 radical (unpaired) electrons. The average Bonchev–Trinajstić information content (AvgIpc) is 3.79. The highest BCUT2D eigenvalue weighted by Gasteiger charge is 2.32. The van der Waals surface area contributed by atoms with Crippen molar-refractivity contribution in [2.45, 2.75) is 84.7 Å². The molecule has 5 nitrogen and oxygen atoms in total. The van der Waals surface area contributed by atoms with Crippen LogP contribution < -0.4 is 14.5 Å². The Hall–Kier alpha value is -6.54. The minimum absolute atomic E-state index is 0.0358. The molecule has 0 amide bonds. The Morgan fingerprint density at radius 3 is 1.81 bits per heavy atom. The molecule has 0 N–H and O–H groups in total. The number of para-hydroxylation sites is 3. The second-order valence-corrected chi connectivity index (χ2v) is 19.8. The zero-order chi connectivity index (χ0) is 44.6. The third-order valence-corrected chi connectivity index (χ3v) is 12.2. The SMILES string of the molecule is CC(C)(C)c1cc(N2CN(c3cccc(Oc4cc(-c5cccc(C(F)(F)F)c5)c5c6ccccc6n(-c6cc(C(C)(C)C)ccn6)c5c4)c3)c3ccccc32)cc(C(C)(C)C)c1. The van der Waals surface area contributed by atoms with Gasteiger partial charge in [-0.3, -0.25) is 4.57 Å². The van der Waals surface area contributed by atoms with E-state index in [-0.39, 0.29) is 16.2 Å². The van der Waals surface area contributed by atoms with E-state index in [1.165, 1.54) is 23.3 Å². The van der Waals surface area contributed by atoms with Gasteiger partial charge in [-0.25, -0.2) is 4.98 Å². The number of hydrogen-bond donors (Lipinski definition) is 0. The second-order valence-electron chi connectivity index (χ2n) is 19.8. The van der Waals surface area contributed by atoms with Crippen molar-refractivity contribution in [2.24, 2.45) is 0 Å². The number of alkyl halides is 3. The highest BCUT2D eigenvalue weighted by Crippen LogP contribution is 2.48. The number of aromatic nitrogens is 2. The number of anilines is 4. The Morgan fingerprint density at radius 1 is 0.508 bits per heavy atom. The first kappa shape index (κ1) is 41.8. The smallest absolute Gasteiger partial charge is 0.416 e. The van der Waals surface area contributed by atoms with Gasteiger partial charge in [0, 0.05) is 40.5 Å². The lowest BCUT2D eigenvalue weighted by atomic mass is 9.80. The molecule has 3 heterocycles. The molecule has 0 unspecified atom stereocenters.